The van der Waals surface area contributed by atoms with Crippen LogP contribution in [-0.4, -0.2) is 17.2 Å². The van der Waals surface area contributed by atoms with E-state index in [1.165, 1.54) is 5.57 Å². The first kappa shape index (κ1) is 9.15. The summed E-state index contributed by atoms with van der Waals surface area (Å²) in [7, 11) is 0. The number of allylic oxidation sites excluding steroid dienone is 1. The molecule has 0 aliphatic carbocycles. The van der Waals surface area contributed by atoms with Gasteiger partial charge in [0.25, 0.3) is 0 Å². The fourth-order valence-corrected chi connectivity index (χ4v) is 1.74. The Morgan fingerprint density at radius 1 is 1.38 bits per heavy atom. The maximum absolute atomic E-state index is 5.82. The van der Waals surface area contributed by atoms with Crippen molar-refractivity contribution in [3.8, 4) is 0 Å². The molecule has 3 rings (SSSR count). The number of hydrogen-bond acceptors (Lipinski definition) is 4. The number of benzene rings is 1. The molecule has 1 aliphatic rings. The van der Waals surface area contributed by atoms with E-state index in [-0.39, 0.29) is 0 Å². The molecule has 1 aromatic heterocycles. The molecule has 0 saturated heterocycles. The molecule has 0 bridgehead atoms. The largest absolute Gasteiger partial charge is 0.435 e. The smallest absolute Gasteiger partial charge is 0.245 e. The predicted molar refractivity (Wildman–Crippen MR) is 63.6 cm³/mol. The van der Waals surface area contributed by atoms with Crippen molar-refractivity contribution in [2.24, 2.45) is 4.99 Å². The van der Waals surface area contributed by atoms with E-state index in [0.29, 0.717) is 22.7 Å². The topological polar surface area (TPSA) is 64.4 Å². The van der Waals surface area contributed by atoms with E-state index < -0.39 is 0 Å². The highest BCUT2D eigenvalue weighted by Crippen LogP contribution is 2.22. The third-order valence-electron chi connectivity index (χ3n) is 2.55. The molecular formula is C12H11N3O. The Bertz CT molecular complexity index is 622. The molecule has 0 fully saturated rings. The summed E-state index contributed by atoms with van der Waals surface area (Å²) in [5, 5.41) is 0. The van der Waals surface area contributed by atoms with Crippen molar-refractivity contribution < 1.29 is 4.42 Å². The molecule has 0 unspecified atom stereocenters. The Morgan fingerprint density at radius 2 is 2.25 bits per heavy atom. The van der Waals surface area contributed by atoms with E-state index in [4.69, 9.17) is 10.2 Å². The van der Waals surface area contributed by atoms with Crippen LogP contribution in [0, 0.1) is 0 Å². The van der Waals surface area contributed by atoms with Crippen molar-refractivity contribution in [3.63, 3.8) is 0 Å². The number of fused-ring (bicyclic) bond motifs is 1. The lowest BCUT2D eigenvalue weighted by atomic mass is 10.3. The summed E-state index contributed by atoms with van der Waals surface area (Å²) in [5.41, 5.74) is 9.87. The Hall–Kier alpha value is -2.10. The van der Waals surface area contributed by atoms with Crippen LogP contribution in [0.3, 0.4) is 0 Å². The number of aromatic nitrogens is 1. The molecular weight excluding hydrogens is 202 g/mol. The van der Waals surface area contributed by atoms with E-state index in [2.05, 4.69) is 9.98 Å². The second kappa shape index (κ2) is 3.20. The van der Waals surface area contributed by atoms with Gasteiger partial charge in [-0.1, -0.05) is 6.07 Å². The molecule has 1 aromatic carbocycles. The standard InChI is InChI=1S/C12H11N3O/c1-7-5-9(14-6-7)12-15-11-8(13)3-2-4-10(11)16-12/h2-5H,6,13H2,1H3. The van der Waals surface area contributed by atoms with E-state index in [1.54, 1.807) is 0 Å². The molecule has 2 heterocycles. The highest BCUT2D eigenvalue weighted by molar-refractivity contribution is 6.08. The summed E-state index contributed by atoms with van der Waals surface area (Å²) in [4.78, 5) is 8.70. The van der Waals surface area contributed by atoms with Crippen LogP contribution in [0.1, 0.15) is 12.8 Å². The first-order chi connectivity index (χ1) is 7.74. The van der Waals surface area contributed by atoms with Crippen molar-refractivity contribution in [1.29, 1.82) is 0 Å². The number of para-hydroxylation sites is 1. The average Bonchev–Trinajstić information content (AvgIpc) is 2.84. The predicted octanol–water partition coefficient (Wildman–Crippen LogP) is 2.16. The lowest BCUT2D eigenvalue weighted by Crippen LogP contribution is -1.93. The fourth-order valence-electron chi connectivity index (χ4n) is 1.74. The van der Waals surface area contributed by atoms with Crippen molar-refractivity contribution in [2.45, 2.75) is 6.92 Å². The van der Waals surface area contributed by atoms with Gasteiger partial charge in [0.1, 0.15) is 11.2 Å². The van der Waals surface area contributed by atoms with Crippen molar-refractivity contribution in [1.82, 2.24) is 4.98 Å². The fraction of sp³-hybridized carbons (Fsp3) is 0.167. The van der Waals surface area contributed by atoms with E-state index in [0.717, 1.165) is 12.3 Å². The zero-order valence-corrected chi connectivity index (χ0v) is 8.90. The van der Waals surface area contributed by atoms with Crippen LogP contribution < -0.4 is 5.73 Å². The highest BCUT2D eigenvalue weighted by Gasteiger charge is 2.14. The van der Waals surface area contributed by atoms with Gasteiger partial charge in [0.2, 0.25) is 5.89 Å². The minimum atomic E-state index is 0.546. The number of rotatable bonds is 1. The maximum atomic E-state index is 5.82. The molecule has 16 heavy (non-hydrogen) atoms. The van der Waals surface area contributed by atoms with Crippen LogP contribution in [0.25, 0.3) is 11.1 Å². The quantitative estimate of drug-likeness (QED) is 0.738. The summed E-state index contributed by atoms with van der Waals surface area (Å²) < 4.78 is 5.61. The second-order valence-electron chi connectivity index (χ2n) is 3.91. The molecule has 0 radical (unpaired) electrons. The van der Waals surface area contributed by atoms with Crippen LogP contribution in [0.15, 0.2) is 39.3 Å². The van der Waals surface area contributed by atoms with Gasteiger partial charge < -0.3 is 10.2 Å². The molecule has 0 amide bonds. The van der Waals surface area contributed by atoms with Crippen LogP contribution >= 0.6 is 0 Å². The molecule has 80 valence electrons. The van der Waals surface area contributed by atoms with Crippen LogP contribution in [0.5, 0.6) is 0 Å². The minimum absolute atomic E-state index is 0.546. The van der Waals surface area contributed by atoms with Gasteiger partial charge in [0.05, 0.1) is 12.2 Å². The molecule has 0 spiro atoms. The Labute approximate surface area is 92.5 Å². The van der Waals surface area contributed by atoms with Gasteiger partial charge in [-0.05, 0) is 30.7 Å². The molecule has 2 aromatic rings. The zero-order valence-electron chi connectivity index (χ0n) is 8.90. The van der Waals surface area contributed by atoms with Crippen LogP contribution in [0.2, 0.25) is 0 Å². The average molecular weight is 213 g/mol. The Kier molecular flexibility index (Phi) is 1.83. The van der Waals surface area contributed by atoms with Crippen LogP contribution in [0.4, 0.5) is 5.69 Å². The molecule has 1 aliphatic heterocycles. The summed E-state index contributed by atoms with van der Waals surface area (Å²) in [5.74, 6) is 0.546. The SMILES string of the molecule is CC1=CC(c2nc3c(N)cccc3o2)=NC1. The van der Waals surface area contributed by atoms with Gasteiger partial charge in [-0.15, -0.1) is 0 Å². The minimum Gasteiger partial charge on any atom is -0.435 e. The third-order valence-corrected chi connectivity index (χ3v) is 2.55. The zero-order chi connectivity index (χ0) is 11.1. The lowest BCUT2D eigenvalue weighted by molar-refractivity contribution is 0.591. The summed E-state index contributed by atoms with van der Waals surface area (Å²) in [6.45, 7) is 2.76. The molecule has 2 N–H and O–H groups in total. The van der Waals surface area contributed by atoms with E-state index >= 15 is 0 Å². The monoisotopic (exact) mass is 213 g/mol. The molecule has 0 saturated carbocycles. The molecule has 4 heteroatoms. The van der Waals surface area contributed by atoms with Crippen molar-refractivity contribution in [3.05, 3.63) is 35.7 Å². The summed E-state index contributed by atoms with van der Waals surface area (Å²) in [6.07, 6.45) is 1.99. The van der Waals surface area contributed by atoms with Gasteiger partial charge in [-0.2, -0.15) is 0 Å². The summed E-state index contributed by atoms with van der Waals surface area (Å²) in [6, 6.07) is 5.52. The number of anilines is 1. The first-order valence-corrected chi connectivity index (χ1v) is 5.11. The normalized spacial score (nSPS) is 15.3. The third kappa shape index (κ3) is 1.31. The lowest BCUT2D eigenvalue weighted by Gasteiger charge is -1.89. The molecule has 0 atom stereocenters. The summed E-state index contributed by atoms with van der Waals surface area (Å²) >= 11 is 0. The van der Waals surface area contributed by atoms with E-state index in [1.807, 2.05) is 31.2 Å². The number of nitrogen functional groups attached to an aromatic ring is 1. The van der Waals surface area contributed by atoms with Crippen molar-refractivity contribution in [2.75, 3.05) is 12.3 Å². The van der Waals surface area contributed by atoms with Gasteiger partial charge in [0.15, 0.2) is 5.58 Å². The van der Waals surface area contributed by atoms with Gasteiger partial charge in [0, 0.05) is 0 Å². The number of nitrogens with zero attached hydrogens (tertiary/aromatic N) is 2. The number of oxazole rings is 1. The van der Waals surface area contributed by atoms with Crippen molar-refractivity contribution >= 4 is 22.5 Å². The Morgan fingerprint density at radius 3 is 2.94 bits per heavy atom. The Balaban J connectivity index is 2.16. The highest BCUT2D eigenvalue weighted by atomic mass is 16.3. The number of hydrogen-bond donors (Lipinski definition) is 1. The number of nitrogens with two attached hydrogens (primary N) is 1. The van der Waals surface area contributed by atoms with Gasteiger partial charge in [-0.25, -0.2) is 4.98 Å². The van der Waals surface area contributed by atoms with Gasteiger partial charge >= 0.3 is 0 Å². The molecule has 4 nitrogen and oxygen atoms in total. The maximum Gasteiger partial charge on any atom is 0.245 e. The second-order valence-corrected chi connectivity index (χ2v) is 3.91. The van der Waals surface area contributed by atoms with Gasteiger partial charge in [-0.3, -0.25) is 4.99 Å². The van der Waals surface area contributed by atoms with Crippen LogP contribution in [-0.2, 0) is 0 Å². The first-order valence-electron chi connectivity index (χ1n) is 5.11. The van der Waals surface area contributed by atoms with E-state index in [9.17, 15) is 0 Å². The number of aliphatic imine (C=N–C) groups is 1.